The molecule has 0 aromatic heterocycles. The SMILES string of the molecule is COC(=O)CC1CCCCN1C(=O)/C=C/c1ccccc1Br. The van der Waals surface area contributed by atoms with Gasteiger partial charge >= 0.3 is 5.97 Å². The summed E-state index contributed by atoms with van der Waals surface area (Å²) in [5.41, 5.74) is 0.956. The van der Waals surface area contributed by atoms with Gasteiger partial charge in [0.05, 0.1) is 13.5 Å². The van der Waals surface area contributed by atoms with Crippen LogP contribution in [0.2, 0.25) is 0 Å². The van der Waals surface area contributed by atoms with Crippen LogP contribution in [-0.2, 0) is 14.3 Å². The Bertz CT molecular complexity index is 571. The Morgan fingerprint density at radius 3 is 2.86 bits per heavy atom. The van der Waals surface area contributed by atoms with Gasteiger partial charge in [0.2, 0.25) is 5.91 Å². The minimum Gasteiger partial charge on any atom is -0.469 e. The molecule has 0 aliphatic carbocycles. The van der Waals surface area contributed by atoms with Crippen LogP contribution < -0.4 is 0 Å². The highest BCUT2D eigenvalue weighted by Gasteiger charge is 2.27. The molecule has 1 unspecified atom stereocenters. The van der Waals surface area contributed by atoms with Crippen molar-refractivity contribution in [3.63, 3.8) is 0 Å². The van der Waals surface area contributed by atoms with Crippen LogP contribution in [0.4, 0.5) is 0 Å². The van der Waals surface area contributed by atoms with Crippen molar-refractivity contribution >= 4 is 33.9 Å². The van der Waals surface area contributed by atoms with E-state index in [0.717, 1.165) is 29.3 Å². The molecule has 1 fully saturated rings. The van der Waals surface area contributed by atoms with Crippen LogP contribution in [0.3, 0.4) is 0 Å². The molecule has 0 N–H and O–H groups in total. The van der Waals surface area contributed by atoms with E-state index in [1.54, 1.807) is 17.1 Å². The summed E-state index contributed by atoms with van der Waals surface area (Å²) < 4.78 is 5.67. The zero-order valence-electron chi connectivity index (χ0n) is 12.6. The first kappa shape index (κ1) is 16.7. The fourth-order valence-corrected chi connectivity index (χ4v) is 3.06. The van der Waals surface area contributed by atoms with Crippen molar-refractivity contribution in [1.82, 2.24) is 4.90 Å². The van der Waals surface area contributed by atoms with Gasteiger partial charge in [-0.15, -0.1) is 0 Å². The monoisotopic (exact) mass is 365 g/mol. The summed E-state index contributed by atoms with van der Waals surface area (Å²) >= 11 is 3.46. The molecule has 1 atom stereocenters. The smallest absolute Gasteiger partial charge is 0.307 e. The van der Waals surface area contributed by atoms with Crippen molar-refractivity contribution in [1.29, 1.82) is 0 Å². The van der Waals surface area contributed by atoms with Gasteiger partial charge < -0.3 is 9.64 Å². The third-order valence-corrected chi connectivity index (χ3v) is 4.57. The second-order valence-corrected chi connectivity index (χ2v) is 6.17. The molecular weight excluding hydrogens is 346 g/mol. The molecule has 0 spiro atoms. The van der Waals surface area contributed by atoms with E-state index in [1.165, 1.54) is 7.11 Å². The molecule has 1 saturated heterocycles. The lowest BCUT2D eigenvalue weighted by molar-refractivity contribution is -0.143. The highest BCUT2D eigenvalue weighted by Crippen LogP contribution is 2.22. The van der Waals surface area contributed by atoms with Crippen LogP contribution in [0.25, 0.3) is 6.08 Å². The number of esters is 1. The summed E-state index contributed by atoms with van der Waals surface area (Å²) in [7, 11) is 1.38. The Hall–Kier alpha value is -1.62. The summed E-state index contributed by atoms with van der Waals surface area (Å²) in [6.45, 7) is 0.695. The first-order valence-electron chi connectivity index (χ1n) is 7.42. The van der Waals surface area contributed by atoms with Gasteiger partial charge in [0.25, 0.3) is 0 Å². The molecule has 1 aromatic rings. The summed E-state index contributed by atoms with van der Waals surface area (Å²) in [4.78, 5) is 25.7. The van der Waals surface area contributed by atoms with Gasteiger partial charge in [-0.25, -0.2) is 0 Å². The fourth-order valence-electron chi connectivity index (χ4n) is 2.65. The lowest BCUT2D eigenvalue weighted by atomic mass is 9.99. The number of likely N-dealkylation sites (tertiary alicyclic amines) is 1. The molecule has 4 nitrogen and oxygen atoms in total. The second kappa shape index (κ2) is 8.13. The zero-order valence-corrected chi connectivity index (χ0v) is 14.2. The summed E-state index contributed by atoms with van der Waals surface area (Å²) in [6, 6.07) is 7.68. The third-order valence-electron chi connectivity index (χ3n) is 3.85. The predicted molar refractivity (Wildman–Crippen MR) is 89.2 cm³/mol. The summed E-state index contributed by atoms with van der Waals surface area (Å²) in [6.07, 6.45) is 6.52. The van der Waals surface area contributed by atoms with E-state index < -0.39 is 0 Å². The number of nitrogens with zero attached hydrogens (tertiary/aromatic N) is 1. The number of ether oxygens (including phenoxy) is 1. The molecule has 5 heteroatoms. The van der Waals surface area contributed by atoms with E-state index in [1.807, 2.05) is 24.3 Å². The highest BCUT2D eigenvalue weighted by molar-refractivity contribution is 9.10. The van der Waals surface area contributed by atoms with Crippen LogP contribution in [0.5, 0.6) is 0 Å². The number of amides is 1. The average Bonchev–Trinajstić information content (AvgIpc) is 2.54. The number of rotatable bonds is 4. The number of carbonyl (C=O) groups is 2. The van der Waals surface area contributed by atoms with Gasteiger partial charge in [0.15, 0.2) is 0 Å². The Kier molecular flexibility index (Phi) is 6.19. The quantitative estimate of drug-likeness (QED) is 0.606. The van der Waals surface area contributed by atoms with E-state index in [2.05, 4.69) is 15.9 Å². The van der Waals surface area contributed by atoms with Gasteiger partial charge in [-0.1, -0.05) is 34.1 Å². The fraction of sp³-hybridized carbons (Fsp3) is 0.412. The van der Waals surface area contributed by atoms with Crippen molar-refractivity contribution in [2.45, 2.75) is 31.7 Å². The normalized spacial score (nSPS) is 18.5. The molecule has 1 aliphatic heterocycles. The minimum absolute atomic E-state index is 0.0515. The topological polar surface area (TPSA) is 46.6 Å². The molecule has 0 radical (unpaired) electrons. The standard InChI is InChI=1S/C17H20BrNO3/c1-22-17(21)12-14-7-4-5-11-19(14)16(20)10-9-13-6-2-3-8-15(13)18/h2-3,6,8-10,14H,4-5,7,11-12H2,1H3/b10-9+. The molecule has 2 rings (SSSR count). The van der Waals surface area contributed by atoms with Crippen molar-refractivity contribution < 1.29 is 14.3 Å². The Labute approximate surface area is 139 Å². The first-order chi connectivity index (χ1) is 10.6. The predicted octanol–water partition coefficient (Wildman–Crippen LogP) is 3.41. The maximum Gasteiger partial charge on any atom is 0.307 e. The Balaban J connectivity index is 2.05. The molecule has 118 valence electrons. The lowest BCUT2D eigenvalue weighted by Crippen LogP contribution is -2.44. The second-order valence-electron chi connectivity index (χ2n) is 5.32. The third kappa shape index (κ3) is 4.44. The first-order valence-corrected chi connectivity index (χ1v) is 8.21. The number of benzene rings is 1. The molecule has 22 heavy (non-hydrogen) atoms. The molecule has 0 saturated carbocycles. The molecule has 0 bridgehead atoms. The highest BCUT2D eigenvalue weighted by atomic mass is 79.9. The molecule has 1 aliphatic rings. The van der Waals surface area contributed by atoms with E-state index in [9.17, 15) is 9.59 Å². The van der Waals surface area contributed by atoms with Crippen LogP contribution >= 0.6 is 15.9 Å². The zero-order chi connectivity index (χ0) is 15.9. The molecule has 1 heterocycles. The number of hydrogen-bond donors (Lipinski definition) is 0. The van der Waals surface area contributed by atoms with Gasteiger partial charge in [0.1, 0.15) is 0 Å². The maximum atomic E-state index is 12.4. The number of methoxy groups -OCH3 is 1. The van der Waals surface area contributed by atoms with Gasteiger partial charge in [-0.05, 0) is 37.0 Å². The molecular formula is C17H20BrNO3. The van der Waals surface area contributed by atoms with Crippen molar-refractivity contribution in [3.05, 3.63) is 40.4 Å². The van der Waals surface area contributed by atoms with Crippen LogP contribution in [-0.4, -0.2) is 36.5 Å². The summed E-state index contributed by atoms with van der Waals surface area (Å²) in [5, 5.41) is 0. The van der Waals surface area contributed by atoms with Crippen molar-refractivity contribution in [2.75, 3.05) is 13.7 Å². The largest absolute Gasteiger partial charge is 0.469 e. The van der Waals surface area contributed by atoms with Gasteiger partial charge in [-0.2, -0.15) is 0 Å². The van der Waals surface area contributed by atoms with E-state index in [0.29, 0.717) is 6.54 Å². The van der Waals surface area contributed by atoms with Gasteiger partial charge in [0, 0.05) is 23.1 Å². The lowest BCUT2D eigenvalue weighted by Gasteiger charge is -2.34. The van der Waals surface area contributed by atoms with Crippen LogP contribution in [0.1, 0.15) is 31.2 Å². The summed E-state index contributed by atoms with van der Waals surface area (Å²) in [5.74, 6) is -0.316. The van der Waals surface area contributed by atoms with E-state index in [-0.39, 0.29) is 24.3 Å². The maximum absolute atomic E-state index is 12.4. The molecule has 1 amide bonds. The number of piperidine rings is 1. The van der Waals surface area contributed by atoms with E-state index >= 15 is 0 Å². The van der Waals surface area contributed by atoms with E-state index in [4.69, 9.17) is 4.74 Å². The average molecular weight is 366 g/mol. The number of hydrogen-bond acceptors (Lipinski definition) is 3. The number of carbonyl (C=O) groups excluding carboxylic acids is 2. The Morgan fingerprint density at radius 1 is 1.36 bits per heavy atom. The van der Waals surface area contributed by atoms with Crippen molar-refractivity contribution in [2.24, 2.45) is 0 Å². The Morgan fingerprint density at radius 2 is 2.14 bits per heavy atom. The van der Waals surface area contributed by atoms with Gasteiger partial charge in [-0.3, -0.25) is 9.59 Å². The van der Waals surface area contributed by atoms with Crippen molar-refractivity contribution in [3.8, 4) is 0 Å². The van der Waals surface area contributed by atoms with Crippen LogP contribution in [0.15, 0.2) is 34.8 Å². The molecule has 1 aromatic carbocycles. The minimum atomic E-state index is -0.264. The number of halogens is 1. The van der Waals surface area contributed by atoms with Crippen LogP contribution in [0, 0.1) is 0 Å².